The first kappa shape index (κ1) is 95.5. The van der Waals surface area contributed by atoms with Crippen LogP contribution in [0.3, 0.4) is 0 Å². The Bertz CT molecular complexity index is 3180. The highest BCUT2D eigenvalue weighted by Crippen LogP contribution is 2.20. The Labute approximate surface area is 626 Å². The molecule has 0 aromatic heterocycles. The van der Waals surface area contributed by atoms with Gasteiger partial charge in [-0.1, -0.05) is 95.5 Å². The SMILES string of the molecule is C[C@H](NC(=O)C(C)(C)NC(=O)C(C)(C)NC(=O)C(C)(C)NC(=O)C(C)(C)NC(=O)C(C)(C)NC(=O)OCc1ccccc1)C(=O)OC(C)(C)C.C[C@H](NC(=O)C(C)(C)NC(=O)C(C)(C)NC(=O)C(C)(C)NC(=O)C(C)(C)NC(=O)C(C)(C)NC(=O)OCc1ccccc1)C(=O)OC(C)(C)C.ClC(Cl)Cl. The van der Waals surface area contributed by atoms with E-state index in [0.717, 1.165) is 11.1 Å². The zero-order valence-corrected chi connectivity index (χ0v) is 67.7. The normalized spacial score (nSPS) is 13.0. The molecular weight excluding hydrogens is 1420 g/mol. The second kappa shape index (κ2) is 37.5. The van der Waals surface area contributed by atoms with Crippen LogP contribution in [0, 0.1) is 0 Å². The van der Waals surface area contributed by atoms with Crippen LogP contribution in [-0.2, 0) is 89.7 Å². The van der Waals surface area contributed by atoms with Crippen molar-refractivity contribution in [3.05, 3.63) is 71.8 Å². The van der Waals surface area contributed by atoms with E-state index in [-0.39, 0.29) is 13.2 Å². The standard InChI is InChI=1S/2C35H56N6O9.CHCl3/c2*1-21(23(42)50-30(2,3)4)36-24(43)31(5,6)37-25(44)32(7,8)38-26(45)33(9,10)39-27(46)34(11,12)40-28(47)35(13,14)41-29(48)49-20-22-18-16-15-17-19-22;2-1(3)4/h2*15-19,21H,20H2,1-14H3,(H,36,43)(H,37,44)(H,38,45)(H,39,46)(H,40,47)(H,41,48);1H/t2*21-;/m00./s1. The number of hydrogen-bond donors (Lipinski definition) is 12. The average Bonchev–Trinajstić information content (AvgIpc) is 0.810. The van der Waals surface area contributed by atoms with Gasteiger partial charge in [-0.15, -0.1) is 0 Å². The molecule has 0 saturated heterocycles. The van der Waals surface area contributed by atoms with E-state index >= 15 is 0 Å². The van der Waals surface area contributed by atoms with Gasteiger partial charge in [-0.2, -0.15) is 0 Å². The summed E-state index contributed by atoms with van der Waals surface area (Å²) >= 11 is 14.4. The van der Waals surface area contributed by atoms with Gasteiger partial charge in [-0.05, 0) is 205 Å². The van der Waals surface area contributed by atoms with E-state index in [1.807, 2.05) is 12.1 Å². The molecule has 0 aliphatic heterocycles. The van der Waals surface area contributed by atoms with Crippen LogP contribution in [0.5, 0.6) is 0 Å². The molecule has 586 valence electrons. The zero-order chi connectivity index (χ0) is 81.8. The maximum Gasteiger partial charge on any atom is 0.408 e. The summed E-state index contributed by atoms with van der Waals surface area (Å²) in [4.78, 5) is 181. The Morgan fingerprint density at radius 2 is 0.452 bits per heavy atom. The number of carbonyl (C=O) groups excluding carboxylic acids is 14. The van der Waals surface area contributed by atoms with Gasteiger partial charge in [0.2, 0.25) is 59.1 Å². The van der Waals surface area contributed by atoms with E-state index in [1.165, 1.54) is 152 Å². The van der Waals surface area contributed by atoms with Gasteiger partial charge >= 0.3 is 24.1 Å². The number of alkyl carbamates (subject to hydrolysis) is 2. The summed E-state index contributed by atoms with van der Waals surface area (Å²) in [7, 11) is 0. The minimum absolute atomic E-state index is 0.00387. The molecule has 0 aliphatic rings. The van der Waals surface area contributed by atoms with Gasteiger partial charge in [-0.25, -0.2) is 19.2 Å². The van der Waals surface area contributed by atoms with Crippen LogP contribution in [-0.4, -0.2) is 166 Å². The molecule has 33 heteroatoms. The predicted molar refractivity (Wildman–Crippen MR) is 394 cm³/mol. The average molecular weight is 1530 g/mol. The first-order valence-electron chi connectivity index (χ1n) is 33.2. The van der Waals surface area contributed by atoms with Crippen molar-refractivity contribution in [3.8, 4) is 0 Å². The Balaban J connectivity index is 0.00000194. The molecule has 0 bridgehead atoms. The molecule has 0 spiro atoms. The smallest absolute Gasteiger partial charge is 0.408 e. The summed E-state index contributed by atoms with van der Waals surface area (Å²) in [5.41, 5.74) is -15.3. The van der Waals surface area contributed by atoms with Gasteiger partial charge < -0.3 is 82.7 Å². The summed E-state index contributed by atoms with van der Waals surface area (Å²) < 4.78 is 20.2. The van der Waals surface area contributed by atoms with E-state index in [0.29, 0.717) is 0 Å². The number of nitrogens with one attached hydrogen (secondary N) is 12. The van der Waals surface area contributed by atoms with E-state index in [1.54, 1.807) is 90.1 Å². The highest BCUT2D eigenvalue weighted by molar-refractivity contribution is 6.63. The van der Waals surface area contributed by atoms with Gasteiger partial charge in [0.25, 0.3) is 0 Å². The molecule has 2 aromatic rings. The molecule has 12 amide bonds. The van der Waals surface area contributed by atoms with Crippen LogP contribution in [0.15, 0.2) is 60.7 Å². The lowest BCUT2D eigenvalue weighted by molar-refractivity contribution is -0.159. The Kier molecular flexibility index (Phi) is 34.4. The van der Waals surface area contributed by atoms with Crippen molar-refractivity contribution in [2.24, 2.45) is 0 Å². The maximum atomic E-state index is 13.4. The second-order valence-corrected chi connectivity index (χ2v) is 33.9. The molecule has 2 atom stereocenters. The molecule has 2 rings (SSSR count). The van der Waals surface area contributed by atoms with Gasteiger partial charge in [0.1, 0.15) is 91.9 Å². The first-order chi connectivity index (χ1) is 46.6. The lowest BCUT2D eigenvalue weighted by atomic mass is 9.94. The summed E-state index contributed by atoms with van der Waals surface area (Å²) in [6, 6.07) is 16.0. The lowest BCUT2D eigenvalue weighted by Crippen LogP contribution is -2.68. The molecule has 0 heterocycles. The Morgan fingerprint density at radius 3 is 0.625 bits per heavy atom. The Morgan fingerprint density at radius 1 is 0.288 bits per heavy atom. The fraction of sp³-hybridized carbons (Fsp3) is 0.634. The number of alkyl halides is 3. The van der Waals surface area contributed by atoms with Gasteiger partial charge in [0, 0.05) is 0 Å². The van der Waals surface area contributed by atoms with Crippen molar-refractivity contribution < 1.29 is 86.1 Å². The van der Waals surface area contributed by atoms with Gasteiger partial charge in [0.15, 0.2) is 4.30 Å². The number of halogens is 3. The van der Waals surface area contributed by atoms with Crippen LogP contribution in [0.1, 0.15) is 205 Å². The summed E-state index contributed by atoms with van der Waals surface area (Å²) in [6.45, 7) is 41.6. The monoisotopic (exact) mass is 1530 g/mol. The molecule has 0 unspecified atom stereocenters. The molecule has 0 fully saturated rings. The molecule has 0 aliphatic carbocycles. The molecule has 12 N–H and O–H groups in total. The lowest BCUT2D eigenvalue weighted by Gasteiger charge is -2.36. The quantitative estimate of drug-likeness (QED) is 0.0255. The van der Waals surface area contributed by atoms with E-state index < -0.39 is 166 Å². The predicted octanol–water partition coefficient (Wildman–Crippen LogP) is 6.22. The van der Waals surface area contributed by atoms with Crippen molar-refractivity contribution in [1.82, 2.24) is 63.8 Å². The molecule has 0 saturated carbocycles. The van der Waals surface area contributed by atoms with Crippen LogP contribution in [0.4, 0.5) is 9.59 Å². The molecule has 104 heavy (non-hydrogen) atoms. The summed E-state index contributed by atoms with van der Waals surface area (Å²) in [5, 5.41) is 30.7. The van der Waals surface area contributed by atoms with Crippen molar-refractivity contribution in [3.63, 3.8) is 0 Å². The Hall–Kier alpha value is -8.51. The largest absolute Gasteiger partial charge is 0.458 e. The first-order valence-corrected chi connectivity index (χ1v) is 34.5. The third-order valence-electron chi connectivity index (χ3n) is 14.6. The molecular formula is C71H113Cl3N12O18. The van der Waals surface area contributed by atoms with Crippen LogP contribution in [0.2, 0.25) is 0 Å². The minimum atomic E-state index is -1.58. The van der Waals surface area contributed by atoms with Crippen LogP contribution < -0.4 is 63.8 Å². The van der Waals surface area contributed by atoms with E-state index in [4.69, 9.17) is 53.8 Å². The molecule has 30 nitrogen and oxygen atoms in total. The number of carbonyl (C=O) groups is 14. The second-order valence-electron chi connectivity index (χ2n) is 32.0. The number of rotatable bonds is 28. The number of ether oxygens (including phenoxy) is 4. The van der Waals surface area contributed by atoms with Crippen LogP contribution >= 0.6 is 34.8 Å². The highest BCUT2D eigenvalue weighted by Gasteiger charge is 2.46. The third kappa shape index (κ3) is 33.9. The third-order valence-corrected chi connectivity index (χ3v) is 14.6. The van der Waals surface area contributed by atoms with Crippen LogP contribution in [0.25, 0.3) is 0 Å². The van der Waals surface area contributed by atoms with Crippen molar-refractivity contribution in [1.29, 1.82) is 0 Å². The zero-order valence-electron chi connectivity index (χ0n) is 65.4. The number of amides is 12. The fourth-order valence-electron chi connectivity index (χ4n) is 7.77. The number of esters is 2. The van der Waals surface area contributed by atoms with Gasteiger partial charge in [-0.3, -0.25) is 47.9 Å². The molecule has 0 radical (unpaired) electrons. The highest BCUT2D eigenvalue weighted by atomic mass is 35.6. The van der Waals surface area contributed by atoms with E-state index in [9.17, 15) is 67.1 Å². The number of hydrogen-bond acceptors (Lipinski definition) is 18. The number of benzene rings is 2. The van der Waals surface area contributed by atoms with Crippen molar-refractivity contribution >= 4 is 118 Å². The van der Waals surface area contributed by atoms with Crippen molar-refractivity contribution in [2.45, 2.75) is 290 Å². The fourth-order valence-corrected chi connectivity index (χ4v) is 7.77. The maximum absolute atomic E-state index is 13.4. The van der Waals surface area contributed by atoms with E-state index in [2.05, 4.69) is 63.8 Å². The summed E-state index contributed by atoms with van der Waals surface area (Å²) in [6.07, 6.45) is -1.67. The topological polar surface area (TPSA) is 420 Å². The van der Waals surface area contributed by atoms with Gasteiger partial charge in [0.05, 0.1) is 0 Å². The summed E-state index contributed by atoms with van der Waals surface area (Å²) in [5.74, 6) is -8.38. The molecule has 2 aromatic carbocycles. The van der Waals surface area contributed by atoms with Crippen molar-refractivity contribution in [2.75, 3.05) is 0 Å². The minimum Gasteiger partial charge on any atom is -0.458 e.